The van der Waals surface area contributed by atoms with Crippen molar-refractivity contribution < 1.29 is 0 Å². The average molecular weight is 220 g/mol. The van der Waals surface area contributed by atoms with Crippen molar-refractivity contribution in [3.05, 3.63) is 6.20 Å². The largest absolute Gasteiger partial charge is 0.370 e. The van der Waals surface area contributed by atoms with Gasteiger partial charge in [-0.05, 0) is 6.92 Å². The van der Waals surface area contributed by atoms with Gasteiger partial charge in [-0.15, -0.1) is 0 Å². The van der Waals surface area contributed by atoms with Crippen molar-refractivity contribution in [1.82, 2.24) is 19.7 Å². The van der Waals surface area contributed by atoms with E-state index in [4.69, 9.17) is 0 Å². The third-order valence-electron chi connectivity index (χ3n) is 2.32. The molecule has 2 aromatic rings. The van der Waals surface area contributed by atoms with Crippen LogP contribution >= 0.6 is 0 Å². The fraction of sp³-hybridized carbons (Fsp3) is 0.500. The van der Waals surface area contributed by atoms with E-state index in [1.165, 1.54) is 0 Å². The van der Waals surface area contributed by atoms with Gasteiger partial charge in [-0.2, -0.15) is 15.1 Å². The molecular formula is C10H16N6. The minimum atomic E-state index is 0.687. The van der Waals surface area contributed by atoms with Crippen molar-refractivity contribution in [3.8, 4) is 0 Å². The zero-order chi connectivity index (χ0) is 11.7. The van der Waals surface area contributed by atoms with E-state index in [1.807, 2.05) is 33.0 Å². The third-order valence-corrected chi connectivity index (χ3v) is 2.32. The summed E-state index contributed by atoms with van der Waals surface area (Å²) < 4.78 is 1.75. The Bertz CT molecular complexity index is 501. The van der Waals surface area contributed by atoms with Gasteiger partial charge < -0.3 is 10.2 Å². The summed E-state index contributed by atoms with van der Waals surface area (Å²) in [7, 11) is 5.73. The topological polar surface area (TPSA) is 58.9 Å². The lowest BCUT2D eigenvalue weighted by molar-refractivity contribution is 0.784. The Labute approximate surface area is 94.3 Å². The van der Waals surface area contributed by atoms with Crippen LogP contribution in [0.15, 0.2) is 6.20 Å². The molecule has 0 fully saturated rings. The van der Waals surface area contributed by atoms with Gasteiger partial charge in [0.05, 0.1) is 11.6 Å². The minimum Gasteiger partial charge on any atom is -0.370 e. The number of anilines is 2. The second kappa shape index (κ2) is 3.96. The maximum absolute atomic E-state index is 4.45. The summed E-state index contributed by atoms with van der Waals surface area (Å²) in [6.45, 7) is 2.87. The quantitative estimate of drug-likeness (QED) is 0.831. The van der Waals surface area contributed by atoms with Crippen molar-refractivity contribution in [3.63, 3.8) is 0 Å². The zero-order valence-corrected chi connectivity index (χ0v) is 10.0. The van der Waals surface area contributed by atoms with Crippen LogP contribution in [0.5, 0.6) is 0 Å². The Kier molecular flexibility index (Phi) is 2.64. The van der Waals surface area contributed by atoms with Crippen LogP contribution in [0.2, 0.25) is 0 Å². The molecule has 0 aliphatic carbocycles. The number of aromatic nitrogens is 4. The van der Waals surface area contributed by atoms with Crippen LogP contribution in [0.4, 0.5) is 11.8 Å². The van der Waals surface area contributed by atoms with Crippen molar-refractivity contribution in [2.24, 2.45) is 7.05 Å². The number of hydrogen-bond acceptors (Lipinski definition) is 5. The summed E-state index contributed by atoms with van der Waals surface area (Å²) in [6.07, 6.45) is 1.78. The first-order valence-electron chi connectivity index (χ1n) is 5.24. The highest BCUT2D eigenvalue weighted by molar-refractivity contribution is 5.87. The molecule has 0 atom stereocenters. The molecule has 86 valence electrons. The SMILES string of the molecule is CCNc1nc(N(C)C)nc2c1cnn2C. The molecule has 2 rings (SSSR count). The van der Waals surface area contributed by atoms with E-state index in [9.17, 15) is 0 Å². The van der Waals surface area contributed by atoms with Crippen LogP contribution in [0.1, 0.15) is 6.92 Å². The highest BCUT2D eigenvalue weighted by Gasteiger charge is 2.11. The highest BCUT2D eigenvalue weighted by atomic mass is 15.3. The molecule has 6 heteroatoms. The lowest BCUT2D eigenvalue weighted by Gasteiger charge is -2.12. The Hall–Kier alpha value is -1.85. The minimum absolute atomic E-state index is 0.687. The number of aryl methyl sites for hydroxylation is 1. The third kappa shape index (κ3) is 1.66. The maximum Gasteiger partial charge on any atom is 0.228 e. The first-order chi connectivity index (χ1) is 7.63. The van der Waals surface area contributed by atoms with Gasteiger partial charge in [-0.3, -0.25) is 4.68 Å². The highest BCUT2D eigenvalue weighted by Crippen LogP contribution is 2.21. The van der Waals surface area contributed by atoms with Gasteiger partial charge in [0, 0.05) is 27.7 Å². The van der Waals surface area contributed by atoms with Crippen molar-refractivity contribution in [2.75, 3.05) is 30.9 Å². The van der Waals surface area contributed by atoms with E-state index in [-0.39, 0.29) is 0 Å². The monoisotopic (exact) mass is 220 g/mol. The Morgan fingerprint density at radius 2 is 2.12 bits per heavy atom. The van der Waals surface area contributed by atoms with Crippen molar-refractivity contribution in [1.29, 1.82) is 0 Å². The molecule has 0 amide bonds. The fourth-order valence-electron chi connectivity index (χ4n) is 1.51. The summed E-state index contributed by atoms with van der Waals surface area (Å²) in [4.78, 5) is 10.8. The molecular weight excluding hydrogens is 204 g/mol. The van der Waals surface area contributed by atoms with Gasteiger partial charge >= 0.3 is 0 Å². The maximum atomic E-state index is 4.45. The molecule has 0 radical (unpaired) electrons. The number of fused-ring (bicyclic) bond motifs is 1. The first kappa shape index (κ1) is 10.7. The van der Waals surface area contributed by atoms with E-state index >= 15 is 0 Å². The first-order valence-corrected chi connectivity index (χ1v) is 5.24. The summed E-state index contributed by atoms with van der Waals surface area (Å²) in [5, 5.41) is 8.38. The van der Waals surface area contributed by atoms with Crippen molar-refractivity contribution in [2.45, 2.75) is 6.92 Å². The summed E-state index contributed by atoms with van der Waals surface area (Å²) in [6, 6.07) is 0. The van der Waals surface area contributed by atoms with Crippen LogP contribution < -0.4 is 10.2 Å². The predicted molar refractivity (Wildman–Crippen MR) is 64.8 cm³/mol. The smallest absolute Gasteiger partial charge is 0.228 e. The molecule has 0 saturated heterocycles. The molecule has 2 aromatic heterocycles. The summed E-state index contributed by atoms with van der Waals surface area (Å²) in [5.74, 6) is 1.52. The summed E-state index contributed by atoms with van der Waals surface area (Å²) >= 11 is 0. The van der Waals surface area contributed by atoms with E-state index < -0.39 is 0 Å². The van der Waals surface area contributed by atoms with Crippen LogP contribution in [-0.2, 0) is 7.05 Å². The van der Waals surface area contributed by atoms with Crippen LogP contribution in [-0.4, -0.2) is 40.4 Å². The molecule has 0 spiro atoms. The second-order valence-corrected chi connectivity index (χ2v) is 3.80. The Balaban J connectivity index is 2.65. The molecule has 0 aliphatic rings. The molecule has 0 saturated carbocycles. The van der Waals surface area contributed by atoms with Gasteiger partial charge in [0.1, 0.15) is 5.82 Å². The fourth-order valence-corrected chi connectivity index (χ4v) is 1.51. The number of rotatable bonds is 3. The predicted octanol–water partition coefficient (Wildman–Crippen LogP) is 0.861. The molecule has 2 heterocycles. The molecule has 0 unspecified atom stereocenters. The number of hydrogen-bond donors (Lipinski definition) is 1. The average Bonchev–Trinajstić information content (AvgIpc) is 2.61. The molecule has 0 bridgehead atoms. The van der Waals surface area contributed by atoms with E-state index in [1.54, 1.807) is 10.9 Å². The van der Waals surface area contributed by atoms with Gasteiger partial charge in [-0.1, -0.05) is 0 Å². The van der Waals surface area contributed by atoms with Gasteiger partial charge in [-0.25, -0.2) is 0 Å². The van der Waals surface area contributed by atoms with Gasteiger partial charge in [0.15, 0.2) is 5.65 Å². The molecule has 16 heavy (non-hydrogen) atoms. The molecule has 0 aliphatic heterocycles. The Morgan fingerprint density at radius 3 is 2.75 bits per heavy atom. The van der Waals surface area contributed by atoms with Crippen LogP contribution in [0.3, 0.4) is 0 Å². The van der Waals surface area contributed by atoms with Gasteiger partial charge in [0.25, 0.3) is 0 Å². The lowest BCUT2D eigenvalue weighted by Crippen LogP contribution is -2.14. The summed E-state index contributed by atoms with van der Waals surface area (Å²) in [5.41, 5.74) is 0.842. The number of nitrogens with zero attached hydrogens (tertiary/aromatic N) is 5. The lowest BCUT2D eigenvalue weighted by atomic mass is 10.4. The second-order valence-electron chi connectivity index (χ2n) is 3.80. The van der Waals surface area contributed by atoms with Crippen molar-refractivity contribution >= 4 is 22.8 Å². The molecule has 0 aromatic carbocycles. The standard InChI is InChI=1S/C10H16N6/c1-5-11-8-7-6-12-16(4)9(7)14-10(13-8)15(2)3/h6H,5H2,1-4H3,(H,11,13,14). The number of nitrogens with one attached hydrogen (secondary N) is 1. The van der Waals surface area contributed by atoms with E-state index in [0.717, 1.165) is 23.4 Å². The van der Waals surface area contributed by atoms with E-state index in [0.29, 0.717) is 5.95 Å². The molecule has 6 nitrogen and oxygen atoms in total. The normalized spacial score (nSPS) is 10.8. The zero-order valence-electron chi connectivity index (χ0n) is 10.0. The van der Waals surface area contributed by atoms with E-state index in [2.05, 4.69) is 20.4 Å². The molecule has 1 N–H and O–H groups in total. The van der Waals surface area contributed by atoms with Crippen LogP contribution in [0.25, 0.3) is 11.0 Å². The Morgan fingerprint density at radius 1 is 1.38 bits per heavy atom. The van der Waals surface area contributed by atoms with Crippen LogP contribution in [0, 0.1) is 0 Å². The van der Waals surface area contributed by atoms with Gasteiger partial charge in [0.2, 0.25) is 5.95 Å².